The standard InChI is InChI=1S/C11H16N2O/c1-13(9-11(14)7-12)8-10-5-3-2-4-6-10/h2-6H,7-9,12H2,1H3. The maximum Gasteiger partial charge on any atom is 0.160 e. The van der Waals surface area contributed by atoms with Gasteiger partial charge in [0.25, 0.3) is 0 Å². The average molecular weight is 192 g/mol. The van der Waals surface area contributed by atoms with Gasteiger partial charge in [-0.25, -0.2) is 0 Å². The van der Waals surface area contributed by atoms with Gasteiger partial charge in [-0.05, 0) is 12.6 Å². The van der Waals surface area contributed by atoms with Crippen molar-refractivity contribution in [3.05, 3.63) is 35.9 Å². The third-order valence-electron chi connectivity index (χ3n) is 1.97. The van der Waals surface area contributed by atoms with Crippen LogP contribution in [0.15, 0.2) is 30.3 Å². The highest BCUT2D eigenvalue weighted by Crippen LogP contribution is 2.01. The van der Waals surface area contributed by atoms with Crippen molar-refractivity contribution in [2.45, 2.75) is 6.54 Å². The van der Waals surface area contributed by atoms with Crippen molar-refractivity contribution in [3.63, 3.8) is 0 Å². The molecule has 0 fully saturated rings. The van der Waals surface area contributed by atoms with Crippen LogP contribution in [0, 0.1) is 0 Å². The van der Waals surface area contributed by atoms with Crippen LogP contribution in [0.5, 0.6) is 0 Å². The molecule has 0 aromatic heterocycles. The van der Waals surface area contributed by atoms with Gasteiger partial charge >= 0.3 is 0 Å². The predicted octanol–water partition coefficient (Wildman–Crippen LogP) is 0.646. The Morgan fingerprint density at radius 2 is 2.00 bits per heavy atom. The number of carbonyl (C=O) groups excluding carboxylic acids is 1. The Hall–Kier alpha value is -1.19. The number of hydrogen-bond acceptors (Lipinski definition) is 3. The van der Waals surface area contributed by atoms with Crippen molar-refractivity contribution in [1.82, 2.24) is 4.90 Å². The summed E-state index contributed by atoms with van der Waals surface area (Å²) in [5.74, 6) is 0.0726. The lowest BCUT2D eigenvalue weighted by molar-refractivity contribution is -0.118. The first-order valence-corrected chi connectivity index (χ1v) is 4.66. The Morgan fingerprint density at radius 3 is 2.57 bits per heavy atom. The summed E-state index contributed by atoms with van der Waals surface area (Å²) in [7, 11) is 1.92. The molecule has 1 aromatic rings. The summed E-state index contributed by atoms with van der Waals surface area (Å²) in [6, 6.07) is 10.1. The molecule has 14 heavy (non-hydrogen) atoms. The number of benzene rings is 1. The van der Waals surface area contributed by atoms with E-state index in [1.807, 2.05) is 42.3 Å². The number of Topliss-reactive ketones (excluding diaryl/α,β-unsaturated/α-hetero) is 1. The lowest BCUT2D eigenvalue weighted by atomic mass is 10.2. The second kappa shape index (κ2) is 5.52. The summed E-state index contributed by atoms with van der Waals surface area (Å²) >= 11 is 0. The molecule has 2 N–H and O–H groups in total. The summed E-state index contributed by atoms with van der Waals surface area (Å²) in [4.78, 5) is 13.0. The molecule has 0 aliphatic heterocycles. The summed E-state index contributed by atoms with van der Waals surface area (Å²) in [5, 5.41) is 0. The molecule has 3 heteroatoms. The molecule has 0 saturated heterocycles. The van der Waals surface area contributed by atoms with Crippen molar-refractivity contribution < 1.29 is 4.79 Å². The van der Waals surface area contributed by atoms with Gasteiger partial charge in [-0.3, -0.25) is 9.69 Å². The normalized spacial score (nSPS) is 10.5. The summed E-state index contributed by atoms with van der Waals surface area (Å²) < 4.78 is 0. The van der Waals surface area contributed by atoms with Crippen molar-refractivity contribution in [2.75, 3.05) is 20.1 Å². The Kier molecular flexibility index (Phi) is 4.29. The number of hydrogen-bond donors (Lipinski definition) is 1. The third kappa shape index (κ3) is 3.68. The number of ketones is 1. The van der Waals surface area contributed by atoms with E-state index in [0.717, 1.165) is 6.54 Å². The van der Waals surface area contributed by atoms with E-state index in [4.69, 9.17) is 5.73 Å². The van der Waals surface area contributed by atoms with Crippen molar-refractivity contribution in [3.8, 4) is 0 Å². The van der Waals surface area contributed by atoms with Crippen LogP contribution < -0.4 is 5.73 Å². The fourth-order valence-electron chi connectivity index (χ4n) is 1.32. The maximum absolute atomic E-state index is 11.0. The number of nitrogens with two attached hydrogens (primary N) is 1. The van der Waals surface area contributed by atoms with E-state index < -0.39 is 0 Å². The quantitative estimate of drug-likeness (QED) is 0.745. The van der Waals surface area contributed by atoms with Crippen LogP contribution in [-0.4, -0.2) is 30.8 Å². The SMILES string of the molecule is CN(CC(=O)CN)Cc1ccccc1. The highest BCUT2D eigenvalue weighted by molar-refractivity contribution is 5.82. The van der Waals surface area contributed by atoms with Gasteiger partial charge in [0.1, 0.15) is 0 Å². The molecule has 0 bridgehead atoms. The topological polar surface area (TPSA) is 46.3 Å². The minimum absolute atomic E-state index is 0.0726. The highest BCUT2D eigenvalue weighted by Gasteiger charge is 2.04. The lowest BCUT2D eigenvalue weighted by Crippen LogP contribution is -2.29. The molecule has 3 nitrogen and oxygen atoms in total. The van der Waals surface area contributed by atoms with Gasteiger partial charge in [-0.1, -0.05) is 30.3 Å². The van der Waals surface area contributed by atoms with Gasteiger partial charge < -0.3 is 5.73 Å². The number of carbonyl (C=O) groups is 1. The van der Waals surface area contributed by atoms with Gasteiger partial charge in [0.05, 0.1) is 13.1 Å². The van der Waals surface area contributed by atoms with E-state index in [1.54, 1.807) is 0 Å². The maximum atomic E-state index is 11.0. The molecule has 0 aliphatic carbocycles. The summed E-state index contributed by atoms with van der Waals surface area (Å²) in [6.07, 6.45) is 0. The highest BCUT2D eigenvalue weighted by atomic mass is 16.1. The lowest BCUT2D eigenvalue weighted by Gasteiger charge is -2.14. The molecule has 0 heterocycles. The molecular formula is C11H16N2O. The molecule has 1 aromatic carbocycles. The smallest absolute Gasteiger partial charge is 0.160 e. The van der Waals surface area contributed by atoms with Crippen LogP contribution in [0.1, 0.15) is 5.56 Å². The molecule has 0 spiro atoms. The fraction of sp³-hybridized carbons (Fsp3) is 0.364. The van der Waals surface area contributed by atoms with Crippen LogP contribution in [0.3, 0.4) is 0 Å². The zero-order valence-corrected chi connectivity index (χ0v) is 8.44. The van der Waals surface area contributed by atoms with E-state index in [1.165, 1.54) is 5.56 Å². The van der Waals surface area contributed by atoms with Crippen LogP contribution in [0.4, 0.5) is 0 Å². The van der Waals surface area contributed by atoms with E-state index in [2.05, 4.69) is 0 Å². The first kappa shape index (κ1) is 10.9. The van der Waals surface area contributed by atoms with E-state index in [9.17, 15) is 4.79 Å². The number of rotatable bonds is 5. The molecule has 0 saturated carbocycles. The molecule has 0 aliphatic rings. The zero-order chi connectivity index (χ0) is 10.4. The van der Waals surface area contributed by atoms with Crippen molar-refractivity contribution in [2.24, 2.45) is 5.73 Å². The summed E-state index contributed by atoms with van der Waals surface area (Å²) in [5.41, 5.74) is 6.45. The molecule has 0 atom stereocenters. The Morgan fingerprint density at radius 1 is 1.36 bits per heavy atom. The minimum Gasteiger partial charge on any atom is -0.324 e. The second-order valence-corrected chi connectivity index (χ2v) is 3.40. The van der Waals surface area contributed by atoms with Gasteiger partial charge in [-0.2, -0.15) is 0 Å². The van der Waals surface area contributed by atoms with Gasteiger partial charge in [0.2, 0.25) is 0 Å². The van der Waals surface area contributed by atoms with Crippen LogP contribution >= 0.6 is 0 Å². The molecule has 76 valence electrons. The third-order valence-corrected chi connectivity index (χ3v) is 1.97. The first-order valence-electron chi connectivity index (χ1n) is 4.66. The molecule has 1 rings (SSSR count). The average Bonchev–Trinajstić information content (AvgIpc) is 2.19. The fourth-order valence-corrected chi connectivity index (χ4v) is 1.32. The Bertz CT molecular complexity index is 285. The zero-order valence-electron chi connectivity index (χ0n) is 8.44. The van der Waals surface area contributed by atoms with Gasteiger partial charge in [0, 0.05) is 6.54 Å². The second-order valence-electron chi connectivity index (χ2n) is 3.40. The molecule has 0 unspecified atom stereocenters. The Labute approximate surface area is 84.5 Å². The molecule has 0 amide bonds. The van der Waals surface area contributed by atoms with Crippen LogP contribution in [-0.2, 0) is 11.3 Å². The van der Waals surface area contributed by atoms with Crippen molar-refractivity contribution >= 4 is 5.78 Å². The Balaban J connectivity index is 2.41. The molecular weight excluding hydrogens is 176 g/mol. The van der Waals surface area contributed by atoms with E-state index in [-0.39, 0.29) is 12.3 Å². The predicted molar refractivity (Wildman–Crippen MR) is 56.8 cm³/mol. The van der Waals surface area contributed by atoms with E-state index >= 15 is 0 Å². The number of likely N-dealkylation sites (N-methyl/N-ethyl adjacent to an activating group) is 1. The van der Waals surface area contributed by atoms with Gasteiger partial charge in [0.15, 0.2) is 5.78 Å². The van der Waals surface area contributed by atoms with Crippen molar-refractivity contribution in [1.29, 1.82) is 0 Å². The van der Waals surface area contributed by atoms with Crippen LogP contribution in [0.2, 0.25) is 0 Å². The number of nitrogens with zero attached hydrogens (tertiary/aromatic N) is 1. The minimum atomic E-state index is 0.0726. The van der Waals surface area contributed by atoms with E-state index in [0.29, 0.717) is 6.54 Å². The monoisotopic (exact) mass is 192 g/mol. The largest absolute Gasteiger partial charge is 0.324 e. The first-order chi connectivity index (χ1) is 6.72. The summed E-state index contributed by atoms with van der Waals surface area (Å²) in [6.45, 7) is 1.33. The molecule has 0 radical (unpaired) electrons. The van der Waals surface area contributed by atoms with Gasteiger partial charge in [-0.15, -0.1) is 0 Å². The van der Waals surface area contributed by atoms with Crippen LogP contribution in [0.25, 0.3) is 0 Å².